The zero-order valence-electron chi connectivity index (χ0n) is 15.8. The first-order chi connectivity index (χ1) is 13.6. The van der Waals surface area contributed by atoms with Crippen LogP contribution in [0.1, 0.15) is 33.2 Å². The molecule has 0 saturated carbocycles. The Morgan fingerprint density at radius 3 is 2.71 bits per heavy atom. The summed E-state index contributed by atoms with van der Waals surface area (Å²) in [6.07, 6.45) is 3.60. The Hall–Kier alpha value is -3.42. The minimum absolute atomic E-state index is 0.0669. The van der Waals surface area contributed by atoms with Crippen LogP contribution in [0.2, 0.25) is 0 Å². The summed E-state index contributed by atoms with van der Waals surface area (Å²) in [7, 11) is 1.77. The Labute approximate surface area is 162 Å². The van der Waals surface area contributed by atoms with Gasteiger partial charge in [0.2, 0.25) is 0 Å². The molecule has 1 aliphatic heterocycles. The lowest BCUT2D eigenvalue weighted by atomic mass is 10.2. The standard InChI is InChI=1S/C20H21N5O3/c1-14-18(21-13-28-14)20(27)24-11-9-16(12-24)23(2)19(26)17-8-10-22-25(17)15-6-4-3-5-7-15/h3-8,10,13,16H,9,11-12H2,1-2H3. The fraction of sp³-hybridized carbons (Fsp3) is 0.300. The number of rotatable bonds is 4. The van der Waals surface area contributed by atoms with Gasteiger partial charge >= 0.3 is 0 Å². The molecule has 0 bridgehead atoms. The van der Waals surface area contributed by atoms with Gasteiger partial charge in [0, 0.05) is 20.1 Å². The van der Waals surface area contributed by atoms with Gasteiger partial charge in [0.15, 0.2) is 12.1 Å². The van der Waals surface area contributed by atoms with E-state index in [0.717, 1.165) is 5.69 Å². The van der Waals surface area contributed by atoms with Crippen LogP contribution in [0.25, 0.3) is 5.69 Å². The number of amides is 2. The first-order valence-electron chi connectivity index (χ1n) is 9.12. The highest BCUT2D eigenvalue weighted by molar-refractivity contribution is 5.94. The molecule has 1 saturated heterocycles. The van der Waals surface area contributed by atoms with Crippen molar-refractivity contribution in [3.05, 3.63) is 66.1 Å². The van der Waals surface area contributed by atoms with Gasteiger partial charge in [-0.1, -0.05) is 18.2 Å². The van der Waals surface area contributed by atoms with E-state index in [9.17, 15) is 9.59 Å². The van der Waals surface area contributed by atoms with E-state index in [4.69, 9.17) is 4.42 Å². The van der Waals surface area contributed by atoms with Gasteiger partial charge in [-0.3, -0.25) is 9.59 Å². The molecule has 0 aliphatic carbocycles. The number of hydrogen-bond acceptors (Lipinski definition) is 5. The third kappa shape index (κ3) is 3.17. The molecule has 2 aromatic heterocycles. The maximum Gasteiger partial charge on any atom is 0.276 e. The number of nitrogens with zero attached hydrogens (tertiary/aromatic N) is 5. The van der Waals surface area contributed by atoms with Gasteiger partial charge in [0.1, 0.15) is 11.5 Å². The number of aromatic nitrogens is 3. The van der Waals surface area contributed by atoms with Crippen molar-refractivity contribution in [1.29, 1.82) is 0 Å². The van der Waals surface area contributed by atoms with Crippen molar-refractivity contribution in [3.63, 3.8) is 0 Å². The van der Waals surface area contributed by atoms with E-state index in [1.807, 2.05) is 30.3 Å². The predicted octanol–water partition coefficient (Wildman–Crippen LogP) is 2.16. The molecule has 8 heteroatoms. The monoisotopic (exact) mass is 379 g/mol. The number of aryl methyl sites for hydroxylation is 1. The molecule has 2 amide bonds. The number of carbonyl (C=O) groups excluding carboxylic acids is 2. The Balaban J connectivity index is 1.48. The van der Waals surface area contributed by atoms with Crippen molar-refractivity contribution >= 4 is 11.8 Å². The number of benzene rings is 1. The van der Waals surface area contributed by atoms with Gasteiger partial charge in [-0.15, -0.1) is 0 Å². The van der Waals surface area contributed by atoms with Crippen molar-refractivity contribution in [2.24, 2.45) is 0 Å². The second-order valence-corrected chi connectivity index (χ2v) is 6.83. The van der Waals surface area contributed by atoms with E-state index in [1.54, 1.807) is 40.7 Å². The van der Waals surface area contributed by atoms with E-state index in [1.165, 1.54) is 6.39 Å². The molecular formula is C20H21N5O3. The molecule has 4 rings (SSSR count). The maximum absolute atomic E-state index is 13.1. The summed E-state index contributed by atoms with van der Waals surface area (Å²) < 4.78 is 6.76. The molecule has 1 unspecified atom stereocenters. The molecule has 1 fully saturated rings. The molecule has 1 aliphatic rings. The van der Waals surface area contributed by atoms with Gasteiger partial charge in [-0.05, 0) is 31.5 Å². The van der Waals surface area contributed by atoms with E-state index >= 15 is 0 Å². The highest BCUT2D eigenvalue weighted by Gasteiger charge is 2.34. The number of para-hydroxylation sites is 1. The number of likely N-dealkylation sites (tertiary alicyclic amines) is 1. The van der Waals surface area contributed by atoms with Crippen molar-refractivity contribution in [2.75, 3.05) is 20.1 Å². The number of likely N-dealkylation sites (N-methyl/N-ethyl adjacent to an activating group) is 1. The van der Waals surface area contributed by atoms with E-state index < -0.39 is 0 Å². The van der Waals surface area contributed by atoms with Crippen LogP contribution in [-0.4, -0.2) is 62.6 Å². The molecule has 0 spiro atoms. The van der Waals surface area contributed by atoms with E-state index in [0.29, 0.717) is 36.7 Å². The van der Waals surface area contributed by atoms with E-state index in [2.05, 4.69) is 10.1 Å². The number of carbonyl (C=O) groups is 2. The summed E-state index contributed by atoms with van der Waals surface area (Å²) in [5.41, 5.74) is 1.65. The van der Waals surface area contributed by atoms with Crippen molar-refractivity contribution in [1.82, 2.24) is 24.6 Å². The quantitative estimate of drug-likeness (QED) is 0.694. The molecular weight excluding hydrogens is 358 g/mol. The lowest BCUT2D eigenvalue weighted by Gasteiger charge is -2.25. The molecule has 0 N–H and O–H groups in total. The predicted molar refractivity (Wildman–Crippen MR) is 101 cm³/mol. The van der Waals surface area contributed by atoms with Crippen molar-refractivity contribution < 1.29 is 14.0 Å². The van der Waals surface area contributed by atoms with Crippen LogP contribution >= 0.6 is 0 Å². The van der Waals surface area contributed by atoms with Crippen LogP contribution in [0.5, 0.6) is 0 Å². The highest BCUT2D eigenvalue weighted by Crippen LogP contribution is 2.20. The minimum Gasteiger partial charge on any atom is -0.448 e. The first kappa shape index (κ1) is 18.0. The fourth-order valence-corrected chi connectivity index (χ4v) is 3.49. The molecule has 3 aromatic rings. The third-order valence-electron chi connectivity index (χ3n) is 5.13. The SMILES string of the molecule is Cc1ocnc1C(=O)N1CCC(N(C)C(=O)c2ccnn2-c2ccccc2)C1. The second-order valence-electron chi connectivity index (χ2n) is 6.83. The Bertz CT molecular complexity index is 994. The summed E-state index contributed by atoms with van der Waals surface area (Å²) in [5, 5.41) is 4.29. The van der Waals surface area contributed by atoms with Crippen molar-refractivity contribution in [2.45, 2.75) is 19.4 Å². The average Bonchev–Trinajstić information content (AvgIpc) is 3.47. The maximum atomic E-state index is 13.1. The lowest BCUT2D eigenvalue weighted by molar-refractivity contribution is 0.0692. The van der Waals surface area contributed by atoms with Gasteiger partial charge in [-0.25, -0.2) is 9.67 Å². The number of oxazole rings is 1. The Morgan fingerprint density at radius 1 is 1.21 bits per heavy atom. The Kier molecular flexibility index (Phi) is 4.68. The van der Waals surface area contributed by atoms with Crippen LogP contribution in [0.15, 0.2) is 53.4 Å². The third-order valence-corrected chi connectivity index (χ3v) is 5.13. The van der Waals surface area contributed by atoms with E-state index in [-0.39, 0.29) is 17.9 Å². The van der Waals surface area contributed by atoms with Crippen LogP contribution in [0.4, 0.5) is 0 Å². The van der Waals surface area contributed by atoms with Gasteiger partial charge in [-0.2, -0.15) is 5.10 Å². The zero-order valence-corrected chi connectivity index (χ0v) is 15.8. The topological polar surface area (TPSA) is 84.5 Å². The molecule has 28 heavy (non-hydrogen) atoms. The fourth-order valence-electron chi connectivity index (χ4n) is 3.49. The Morgan fingerprint density at radius 2 is 2.00 bits per heavy atom. The first-order valence-corrected chi connectivity index (χ1v) is 9.12. The highest BCUT2D eigenvalue weighted by atomic mass is 16.3. The largest absolute Gasteiger partial charge is 0.448 e. The van der Waals surface area contributed by atoms with Crippen molar-refractivity contribution in [3.8, 4) is 5.69 Å². The number of hydrogen-bond donors (Lipinski definition) is 0. The summed E-state index contributed by atoms with van der Waals surface area (Å²) >= 11 is 0. The van der Waals surface area contributed by atoms with Gasteiger partial charge < -0.3 is 14.2 Å². The second kappa shape index (κ2) is 7.30. The average molecular weight is 379 g/mol. The zero-order chi connectivity index (χ0) is 19.7. The van der Waals surface area contributed by atoms with Gasteiger partial charge in [0.25, 0.3) is 11.8 Å². The van der Waals surface area contributed by atoms with Crippen LogP contribution < -0.4 is 0 Å². The van der Waals surface area contributed by atoms with Crippen LogP contribution in [0, 0.1) is 6.92 Å². The molecule has 3 heterocycles. The molecule has 144 valence electrons. The summed E-state index contributed by atoms with van der Waals surface area (Å²) in [6.45, 7) is 2.76. The lowest BCUT2D eigenvalue weighted by Crippen LogP contribution is -2.40. The summed E-state index contributed by atoms with van der Waals surface area (Å²) in [4.78, 5) is 33.1. The molecule has 1 aromatic carbocycles. The molecule has 0 radical (unpaired) electrons. The normalized spacial score (nSPS) is 16.4. The smallest absolute Gasteiger partial charge is 0.276 e. The summed E-state index contributed by atoms with van der Waals surface area (Å²) in [5.74, 6) is 0.215. The molecule has 8 nitrogen and oxygen atoms in total. The van der Waals surface area contributed by atoms with Crippen LogP contribution in [-0.2, 0) is 0 Å². The van der Waals surface area contributed by atoms with Gasteiger partial charge in [0.05, 0.1) is 17.9 Å². The summed E-state index contributed by atoms with van der Waals surface area (Å²) in [6, 6.07) is 11.2. The molecule has 1 atom stereocenters. The van der Waals surface area contributed by atoms with Crippen LogP contribution in [0.3, 0.4) is 0 Å². The minimum atomic E-state index is -0.163.